The molecule has 1 aromatic rings. The van der Waals surface area contributed by atoms with Gasteiger partial charge in [-0.05, 0) is 48.0 Å². The molecule has 2 rings (SSSR count). The normalized spacial score (nSPS) is 19.5. The lowest BCUT2D eigenvalue weighted by Crippen LogP contribution is -2.40. The fourth-order valence-corrected chi connectivity index (χ4v) is 3.00. The van der Waals surface area contributed by atoms with Crippen LogP contribution in [0.25, 0.3) is 0 Å². The van der Waals surface area contributed by atoms with Crippen LogP contribution in [0.15, 0.2) is 10.7 Å². The summed E-state index contributed by atoms with van der Waals surface area (Å²) in [4.78, 5) is 11.5. The van der Waals surface area contributed by atoms with Crippen LogP contribution in [0.5, 0.6) is 0 Å². The smallest absolute Gasteiger partial charge is 0.224 e. The molecule has 1 aliphatic rings. The van der Waals surface area contributed by atoms with Crippen molar-refractivity contribution in [2.75, 3.05) is 23.3 Å². The van der Waals surface area contributed by atoms with Crippen LogP contribution in [-0.2, 0) is 0 Å². The second-order valence-electron chi connectivity index (χ2n) is 5.04. The van der Waals surface area contributed by atoms with Crippen molar-refractivity contribution in [1.82, 2.24) is 9.97 Å². The summed E-state index contributed by atoms with van der Waals surface area (Å²) < 4.78 is 0.995. The first kappa shape index (κ1) is 14.6. The zero-order valence-electron chi connectivity index (χ0n) is 11.8. The predicted molar refractivity (Wildman–Crippen MR) is 83.8 cm³/mol. The van der Waals surface area contributed by atoms with E-state index in [9.17, 15) is 0 Å². The molecule has 0 amide bonds. The Hall–Kier alpha value is -0.840. The highest BCUT2D eigenvalue weighted by molar-refractivity contribution is 9.10. The van der Waals surface area contributed by atoms with Gasteiger partial charge >= 0.3 is 0 Å². The maximum Gasteiger partial charge on any atom is 0.224 e. The summed E-state index contributed by atoms with van der Waals surface area (Å²) in [6.45, 7) is 6.42. The highest BCUT2D eigenvalue weighted by Gasteiger charge is 2.24. The molecule has 2 heterocycles. The molecule has 4 nitrogen and oxygen atoms in total. The Kier molecular flexibility index (Phi) is 5.43. The maximum atomic E-state index is 4.69. The summed E-state index contributed by atoms with van der Waals surface area (Å²) in [6, 6.07) is 0.610. The van der Waals surface area contributed by atoms with Gasteiger partial charge in [-0.2, -0.15) is 4.98 Å². The van der Waals surface area contributed by atoms with E-state index in [2.05, 4.69) is 50.0 Å². The molecule has 0 bridgehead atoms. The van der Waals surface area contributed by atoms with Crippen LogP contribution in [0, 0.1) is 0 Å². The first-order valence-corrected chi connectivity index (χ1v) is 8.08. The molecule has 1 aliphatic heterocycles. The SMILES string of the molecule is CCCNc1ncc(Br)c(N2CCCCC2CC)n1. The number of hydrogen-bond acceptors (Lipinski definition) is 4. The van der Waals surface area contributed by atoms with Gasteiger partial charge in [-0.15, -0.1) is 0 Å². The van der Waals surface area contributed by atoms with Gasteiger partial charge in [-0.3, -0.25) is 0 Å². The molecule has 1 unspecified atom stereocenters. The molecule has 0 radical (unpaired) electrons. The van der Waals surface area contributed by atoms with Gasteiger partial charge in [0.15, 0.2) is 0 Å². The molecule has 1 aromatic heterocycles. The third-order valence-electron chi connectivity index (χ3n) is 3.63. The van der Waals surface area contributed by atoms with Crippen molar-refractivity contribution in [1.29, 1.82) is 0 Å². The van der Waals surface area contributed by atoms with Crippen molar-refractivity contribution in [3.05, 3.63) is 10.7 Å². The van der Waals surface area contributed by atoms with Crippen LogP contribution in [0.1, 0.15) is 46.0 Å². The highest BCUT2D eigenvalue weighted by Crippen LogP contribution is 2.31. The Labute approximate surface area is 124 Å². The van der Waals surface area contributed by atoms with Crippen LogP contribution >= 0.6 is 15.9 Å². The first-order chi connectivity index (χ1) is 9.26. The van der Waals surface area contributed by atoms with Gasteiger partial charge < -0.3 is 10.2 Å². The Bertz CT molecular complexity index is 410. The zero-order valence-corrected chi connectivity index (χ0v) is 13.4. The van der Waals surface area contributed by atoms with Crippen molar-refractivity contribution >= 4 is 27.7 Å². The van der Waals surface area contributed by atoms with Crippen molar-refractivity contribution in [2.45, 2.75) is 52.0 Å². The molecule has 0 aromatic carbocycles. The average Bonchev–Trinajstić information content (AvgIpc) is 2.46. The minimum absolute atomic E-state index is 0.610. The molecule has 0 aliphatic carbocycles. The summed E-state index contributed by atoms with van der Waals surface area (Å²) in [5.41, 5.74) is 0. The molecule has 19 heavy (non-hydrogen) atoms. The zero-order chi connectivity index (χ0) is 13.7. The number of halogens is 1. The summed E-state index contributed by atoms with van der Waals surface area (Å²) in [7, 11) is 0. The molecular formula is C14H23BrN4. The van der Waals surface area contributed by atoms with E-state index in [1.807, 2.05) is 6.20 Å². The monoisotopic (exact) mass is 326 g/mol. The van der Waals surface area contributed by atoms with Gasteiger partial charge in [0, 0.05) is 25.3 Å². The van der Waals surface area contributed by atoms with Crippen LogP contribution < -0.4 is 10.2 Å². The van der Waals surface area contributed by atoms with Crippen LogP contribution in [-0.4, -0.2) is 29.1 Å². The van der Waals surface area contributed by atoms with Gasteiger partial charge in [0.1, 0.15) is 5.82 Å². The molecule has 0 spiro atoms. The number of nitrogens with one attached hydrogen (secondary N) is 1. The van der Waals surface area contributed by atoms with Gasteiger partial charge in [0.05, 0.1) is 4.47 Å². The highest BCUT2D eigenvalue weighted by atomic mass is 79.9. The topological polar surface area (TPSA) is 41.1 Å². The Morgan fingerprint density at radius 3 is 3.00 bits per heavy atom. The third-order valence-corrected chi connectivity index (χ3v) is 4.19. The van der Waals surface area contributed by atoms with Crippen LogP contribution in [0.3, 0.4) is 0 Å². The molecule has 1 atom stereocenters. The molecule has 5 heteroatoms. The van der Waals surface area contributed by atoms with Crippen molar-refractivity contribution in [3.8, 4) is 0 Å². The second kappa shape index (κ2) is 7.08. The quantitative estimate of drug-likeness (QED) is 0.892. The molecule has 0 saturated carbocycles. The van der Waals surface area contributed by atoms with E-state index < -0.39 is 0 Å². The lowest BCUT2D eigenvalue weighted by molar-refractivity contribution is 0.446. The lowest BCUT2D eigenvalue weighted by Gasteiger charge is -2.36. The third kappa shape index (κ3) is 3.59. The fraction of sp³-hybridized carbons (Fsp3) is 0.714. The molecule has 106 valence electrons. The van der Waals surface area contributed by atoms with Crippen molar-refractivity contribution in [2.24, 2.45) is 0 Å². The fourth-order valence-electron chi connectivity index (χ4n) is 2.59. The van der Waals surface area contributed by atoms with Crippen molar-refractivity contribution < 1.29 is 0 Å². The Morgan fingerprint density at radius 2 is 2.26 bits per heavy atom. The summed E-state index contributed by atoms with van der Waals surface area (Å²) in [6.07, 6.45) is 7.97. The predicted octanol–water partition coefficient (Wildman–Crippen LogP) is 3.83. The summed E-state index contributed by atoms with van der Waals surface area (Å²) >= 11 is 3.60. The second-order valence-corrected chi connectivity index (χ2v) is 5.90. The van der Waals surface area contributed by atoms with E-state index in [-0.39, 0.29) is 0 Å². The van der Waals surface area contributed by atoms with Crippen LogP contribution in [0.2, 0.25) is 0 Å². The summed E-state index contributed by atoms with van der Waals surface area (Å²) in [5.74, 6) is 1.78. The minimum atomic E-state index is 0.610. The van der Waals surface area contributed by atoms with E-state index in [0.29, 0.717) is 6.04 Å². The Balaban J connectivity index is 2.21. The van der Waals surface area contributed by atoms with Crippen molar-refractivity contribution in [3.63, 3.8) is 0 Å². The number of aromatic nitrogens is 2. The minimum Gasteiger partial charge on any atom is -0.354 e. The van der Waals surface area contributed by atoms with Gasteiger partial charge in [0.25, 0.3) is 0 Å². The van der Waals surface area contributed by atoms with Gasteiger partial charge in [-0.1, -0.05) is 13.8 Å². The standard InChI is InChI=1S/C14H23BrN4/c1-3-8-16-14-17-10-12(15)13(18-14)19-9-6-5-7-11(19)4-2/h10-11H,3-9H2,1-2H3,(H,16,17,18). The molecular weight excluding hydrogens is 304 g/mol. The molecule has 1 N–H and O–H groups in total. The van der Waals surface area contributed by atoms with E-state index in [1.54, 1.807) is 0 Å². The number of piperidine rings is 1. The van der Waals surface area contributed by atoms with Gasteiger partial charge in [-0.25, -0.2) is 4.98 Å². The Morgan fingerprint density at radius 1 is 1.42 bits per heavy atom. The van der Waals surface area contributed by atoms with Crippen LogP contribution in [0.4, 0.5) is 11.8 Å². The van der Waals surface area contributed by atoms with E-state index >= 15 is 0 Å². The van der Waals surface area contributed by atoms with E-state index in [4.69, 9.17) is 0 Å². The number of nitrogens with zero attached hydrogens (tertiary/aromatic N) is 3. The molecule has 1 saturated heterocycles. The maximum absolute atomic E-state index is 4.69. The largest absolute Gasteiger partial charge is 0.354 e. The summed E-state index contributed by atoms with van der Waals surface area (Å²) in [5, 5.41) is 3.26. The molecule has 1 fully saturated rings. The first-order valence-electron chi connectivity index (χ1n) is 7.29. The number of rotatable bonds is 5. The van der Waals surface area contributed by atoms with E-state index in [1.165, 1.54) is 25.7 Å². The average molecular weight is 327 g/mol. The number of hydrogen-bond donors (Lipinski definition) is 1. The number of anilines is 2. The lowest BCUT2D eigenvalue weighted by atomic mass is 10.0. The van der Waals surface area contributed by atoms with E-state index in [0.717, 1.165) is 35.7 Å². The van der Waals surface area contributed by atoms with Gasteiger partial charge in [0.2, 0.25) is 5.95 Å².